The minimum absolute atomic E-state index is 0.0919. The number of piperazine rings is 1. The highest BCUT2D eigenvalue weighted by Crippen LogP contribution is 2.22. The van der Waals surface area contributed by atoms with Gasteiger partial charge in [0.15, 0.2) is 11.1 Å². The number of hydrogen-bond donors (Lipinski definition) is 1. The zero-order valence-electron chi connectivity index (χ0n) is 15.1. The third-order valence-corrected chi connectivity index (χ3v) is 5.32. The van der Waals surface area contributed by atoms with Gasteiger partial charge >= 0.3 is 0 Å². The fourth-order valence-corrected chi connectivity index (χ4v) is 3.80. The van der Waals surface area contributed by atoms with Crippen LogP contribution in [0.2, 0.25) is 0 Å². The molecular weight excluding hydrogens is 330 g/mol. The van der Waals surface area contributed by atoms with E-state index < -0.39 is 0 Å². The lowest BCUT2D eigenvalue weighted by molar-refractivity contribution is 0.359. The van der Waals surface area contributed by atoms with Gasteiger partial charge in [-0.15, -0.1) is 11.3 Å². The number of anilines is 1. The summed E-state index contributed by atoms with van der Waals surface area (Å²) in [6.45, 7) is 8.91. The highest BCUT2D eigenvalue weighted by atomic mass is 32.1. The number of thiazole rings is 1. The molecule has 0 unspecified atom stereocenters. The number of rotatable bonds is 5. The highest BCUT2D eigenvalue weighted by molar-refractivity contribution is 7.13. The van der Waals surface area contributed by atoms with E-state index in [1.807, 2.05) is 11.6 Å². The molecule has 0 bridgehead atoms. The first kappa shape index (κ1) is 17.7. The van der Waals surface area contributed by atoms with Crippen molar-refractivity contribution in [3.63, 3.8) is 0 Å². The summed E-state index contributed by atoms with van der Waals surface area (Å²) in [5, 5.41) is 3.12. The van der Waals surface area contributed by atoms with Gasteiger partial charge in [-0.05, 0) is 17.4 Å². The number of aromatic nitrogens is 1. The smallest absolute Gasteiger partial charge is 0.191 e. The Morgan fingerprint density at radius 1 is 1.20 bits per heavy atom. The number of guanidine groups is 1. The molecule has 3 rings (SSSR count). The van der Waals surface area contributed by atoms with Gasteiger partial charge in [0.2, 0.25) is 0 Å². The Bertz CT molecular complexity index is 673. The molecule has 1 aliphatic rings. The molecule has 1 aliphatic heterocycles. The number of nitrogens with zero attached hydrogens (tertiary/aromatic N) is 4. The van der Waals surface area contributed by atoms with Gasteiger partial charge in [0, 0.05) is 44.3 Å². The van der Waals surface area contributed by atoms with Gasteiger partial charge in [-0.25, -0.2) is 4.98 Å². The van der Waals surface area contributed by atoms with Crippen LogP contribution in [0.15, 0.2) is 46.9 Å². The molecule has 2 N–H and O–H groups in total. The molecule has 2 heterocycles. The minimum atomic E-state index is 0.0919. The summed E-state index contributed by atoms with van der Waals surface area (Å²) in [5.74, 6) is 0.667. The quantitative estimate of drug-likeness (QED) is 0.660. The molecule has 6 heteroatoms. The standard InChI is InChI=1S/C19H27N5S/c1-19(2,14-16-6-4-3-5-7-16)15-22-17(20)23-9-11-24(12-10-23)18-21-8-13-25-18/h3-8,13H,9-12,14-15H2,1-2H3,(H2,20,22). The van der Waals surface area contributed by atoms with Crippen LogP contribution < -0.4 is 10.6 Å². The molecule has 5 nitrogen and oxygen atoms in total. The molecule has 0 amide bonds. The zero-order valence-corrected chi connectivity index (χ0v) is 15.9. The average Bonchev–Trinajstić information content (AvgIpc) is 3.15. The second kappa shape index (κ2) is 7.87. The normalized spacial score (nSPS) is 16.3. The van der Waals surface area contributed by atoms with Crippen LogP contribution in [0, 0.1) is 5.41 Å². The largest absolute Gasteiger partial charge is 0.370 e. The number of hydrogen-bond acceptors (Lipinski definition) is 4. The summed E-state index contributed by atoms with van der Waals surface area (Å²) in [5.41, 5.74) is 7.70. The van der Waals surface area contributed by atoms with Crippen molar-refractivity contribution in [2.75, 3.05) is 37.6 Å². The van der Waals surface area contributed by atoms with E-state index in [4.69, 9.17) is 10.7 Å². The van der Waals surface area contributed by atoms with Gasteiger partial charge < -0.3 is 15.5 Å². The molecule has 2 aromatic rings. The van der Waals surface area contributed by atoms with E-state index in [1.54, 1.807) is 11.3 Å². The Morgan fingerprint density at radius 2 is 1.92 bits per heavy atom. The van der Waals surface area contributed by atoms with Crippen molar-refractivity contribution in [2.24, 2.45) is 16.1 Å². The van der Waals surface area contributed by atoms with Crippen molar-refractivity contribution in [1.29, 1.82) is 0 Å². The third kappa shape index (κ3) is 4.95. The van der Waals surface area contributed by atoms with Crippen LogP contribution in [0.1, 0.15) is 19.4 Å². The van der Waals surface area contributed by atoms with E-state index in [0.29, 0.717) is 5.96 Å². The lowest BCUT2D eigenvalue weighted by Crippen LogP contribution is -2.51. The first-order valence-electron chi connectivity index (χ1n) is 8.77. The lowest BCUT2D eigenvalue weighted by Gasteiger charge is -2.35. The van der Waals surface area contributed by atoms with E-state index in [2.05, 4.69) is 59.0 Å². The first-order chi connectivity index (χ1) is 12.0. The van der Waals surface area contributed by atoms with Crippen molar-refractivity contribution >= 4 is 22.4 Å². The number of aliphatic imine (C=N–C) groups is 1. The predicted octanol–water partition coefficient (Wildman–Crippen LogP) is 2.85. The van der Waals surface area contributed by atoms with Gasteiger partial charge in [-0.3, -0.25) is 4.99 Å². The first-order valence-corrected chi connectivity index (χ1v) is 9.65. The molecule has 1 aromatic heterocycles. The van der Waals surface area contributed by atoms with E-state index in [1.165, 1.54) is 5.56 Å². The Labute approximate surface area is 154 Å². The minimum Gasteiger partial charge on any atom is -0.370 e. The Hall–Kier alpha value is -2.08. The number of benzene rings is 1. The van der Waals surface area contributed by atoms with Crippen molar-refractivity contribution in [3.05, 3.63) is 47.5 Å². The summed E-state index contributed by atoms with van der Waals surface area (Å²) in [6, 6.07) is 10.6. The maximum absolute atomic E-state index is 6.26. The fourth-order valence-electron chi connectivity index (χ4n) is 3.10. The fraction of sp³-hybridized carbons (Fsp3) is 0.474. The molecule has 1 aromatic carbocycles. The maximum atomic E-state index is 6.26. The van der Waals surface area contributed by atoms with Crippen LogP contribution in [0.25, 0.3) is 0 Å². The van der Waals surface area contributed by atoms with Crippen LogP contribution in [-0.2, 0) is 6.42 Å². The van der Waals surface area contributed by atoms with Gasteiger partial charge in [-0.1, -0.05) is 44.2 Å². The zero-order chi connectivity index (χ0) is 17.7. The molecule has 0 spiro atoms. The van der Waals surface area contributed by atoms with Crippen molar-refractivity contribution in [1.82, 2.24) is 9.88 Å². The molecule has 25 heavy (non-hydrogen) atoms. The van der Waals surface area contributed by atoms with Crippen LogP contribution in [0.4, 0.5) is 5.13 Å². The average molecular weight is 358 g/mol. The SMILES string of the molecule is CC(C)(CN=C(N)N1CCN(c2nccs2)CC1)Cc1ccccc1. The molecule has 134 valence electrons. The number of nitrogens with two attached hydrogens (primary N) is 1. The molecule has 0 radical (unpaired) electrons. The molecule has 1 fully saturated rings. The van der Waals surface area contributed by atoms with E-state index >= 15 is 0 Å². The van der Waals surface area contributed by atoms with Gasteiger partial charge in [-0.2, -0.15) is 0 Å². The van der Waals surface area contributed by atoms with Crippen LogP contribution >= 0.6 is 11.3 Å². The summed E-state index contributed by atoms with van der Waals surface area (Å²) in [4.78, 5) is 13.6. The second-order valence-corrected chi connectivity index (χ2v) is 8.16. The Morgan fingerprint density at radius 3 is 2.56 bits per heavy atom. The Balaban J connectivity index is 1.51. The monoisotopic (exact) mass is 357 g/mol. The van der Waals surface area contributed by atoms with Gasteiger partial charge in [0.05, 0.1) is 0 Å². The molecule has 1 saturated heterocycles. The molecule has 0 aliphatic carbocycles. The van der Waals surface area contributed by atoms with Crippen molar-refractivity contribution in [3.8, 4) is 0 Å². The maximum Gasteiger partial charge on any atom is 0.191 e. The van der Waals surface area contributed by atoms with Gasteiger partial charge in [0.1, 0.15) is 0 Å². The van der Waals surface area contributed by atoms with Gasteiger partial charge in [0.25, 0.3) is 0 Å². The highest BCUT2D eigenvalue weighted by Gasteiger charge is 2.22. The summed E-state index contributed by atoms with van der Waals surface area (Å²) in [6.07, 6.45) is 2.86. The lowest BCUT2D eigenvalue weighted by atomic mass is 9.86. The molecular formula is C19H27N5S. The van der Waals surface area contributed by atoms with Crippen LogP contribution in [-0.4, -0.2) is 48.6 Å². The van der Waals surface area contributed by atoms with Crippen molar-refractivity contribution in [2.45, 2.75) is 20.3 Å². The van der Waals surface area contributed by atoms with Crippen LogP contribution in [0.3, 0.4) is 0 Å². The Kier molecular flexibility index (Phi) is 5.58. The summed E-state index contributed by atoms with van der Waals surface area (Å²) >= 11 is 1.69. The second-order valence-electron chi connectivity index (χ2n) is 7.29. The van der Waals surface area contributed by atoms with E-state index in [9.17, 15) is 0 Å². The third-order valence-electron chi connectivity index (χ3n) is 4.49. The summed E-state index contributed by atoms with van der Waals surface area (Å²) < 4.78 is 0. The van der Waals surface area contributed by atoms with Crippen LogP contribution in [0.5, 0.6) is 0 Å². The van der Waals surface area contributed by atoms with E-state index in [0.717, 1.165) is 44.3 Å². The molecule has 0 atom stereocenters. The topological polar surface area (TPSA) is 57.8 Å². The van der Waals surface area contributed by atoms with E-state index in [-0.39, 0.29) is 5.41 Å². The van der Waals surface area contributed by atoms with Crippen molar-refractivity contribution < 1.29 is 0 Å². The molecule has 0 saturated carbocycles. The summed E-state index contributed by atoms with van der Waals surface area (Å²) in [7, 11) is 0. The predicted molar refractivity (Wildman–Crippen MR) is 106 cm³/mol.